The molecule has 0 fully saturated rings. The van der Waals surface area contributed by atoms with Crippen LogP contribution in [0.5, 0.6) is 11.5 Å². The monoisotopic (exact) mass is 651 g/mol. The molecule has 0 bridgehead atoms. The number of aryl methyl sites for hydroxylation is 2. The van der Waals surface area contributed by atoms with Crippen molar-refractivity contribution in [1.29, 1.82) is 0 Å². The van der Waals surface area contributed by atoms with Crippen LogP contribution in [0.4, 0.5) is 0 Å². The Bertz CT molecular complexity index is 1150. The number of hydrogen-bond donors (Lipinski definition) is 2. The van der Waals surface area contributed by atoms with Crippen LogP contribution in [-0.2, 0) is 34.3 Å². The molecule has 35 heavy (non-hydrogen) atoms. The molecule has 4 rings (SSSR count). The Morgan fingerprint density at radius 3 is 2.03 bits per heavy atom. The van der Waals surface area contributed by atoms with Crippen LogP contribution in [-0.4, -0.2) is 34.4 Å². The number of aliphatic hydroxyl groups excluding tert-OH is 2. The molecule has 6 nitrogen and oxygen atoms in total. The van der Waals surface area contributed by atoms with Gasteiger partial charge in [0.1, 0.15) is 5.75 Å². The van der Waals surface area contributed by atoms with Gasteiger partial charge in [-0.15, -0.1) is 58.7 Å². The molecule has 0 atom stereocenters. The first-order chi connectivity index (χ1) is 16.5. The van der Waals surface area contributed by atoms with Gasteiger partial charge in [0.15, 0.2) is 0 Å². The van der Waals surface area contributed by atoms with Gasteiger partial charge in [0.2, 0.25) is 0 Å². The molecule has 0 spiro atoms. The number of aliphatic hydroxyl groups is 2. The molecular weight excluding hydrogens is 623 g/mol. The van der Waals surface area contributed by atoms with E-state index in [1.54, 1.807) is 38.7 Å². The van der Waals surface area contributed by atoms with Gasteiger partial charge in [0.25, 0.3) is 0 Å². The molecule has 2 aromatic carbocycles. The van der Waals surface area contributed by atoms with Gasteiger partial charge in [-0.25, -0.2) is 0 Å². The second-order valence-corrected chi connectivity index (χ2v) is 7.64. The van der Waals surface area contributed by atoms with Crippen LogP contribution in [0.2, 0.25) is 0 Å². The first kappa shape index (κ1) is 28.2. The summed E-state index contributed by atoms with van der Waals surface area (Å²) in [6.07, 6.45) is 3.36. The van der Waals surface area contributed by atoms with E-state index in [9.17, 15) is 5.11 Å². The Morgan fingerprint density at radius 2 is 1.40 bits per heavy atom. The second kappa shape index (κ2) is 13.7. The van der Waals surface area contributed by atoms with E-state index >= 15 is 0 Å². The summed E-state index contributed by atoms with van der Waals surface area (Å²) >= 11 is 0. The van der Waals surface area contributed by atoms with Gasteiger partial charge in [0, 0.05) is 24.8 Å². The molecular formula is C28H28N2O4Pt. The molecule has 0 unspecified atom stereocenters. The van der Waals surface area contributed by atoms with Crippen LogP contribution in [0, 0.1) is 26.0 Å². The van der Waals surface area contributed by atoms with Gasteiger partial charge < -0.3 is 29.7 Å². The van der Waals surface area contributed by atoms with Gasteiger partial charge in [0.05, 0.1) is 20.8 Å². The van der Waals surface area contributed by atoms with E-state index < -0.39 is 0 Å². The van der Waals surface area contributed by atoms with Crippen molar-refractivity contribution in [2.24, 2.45) is 0 Å². The smallest absolute Gasteiger partial charge is 0.540 e. The fraction of sp³-hybridized carbons (Fsp3) is 0.214. The standard InChI is InChI=1S/2C14H14NO2.Pt/c1-10-4-5-12(14(8-10)17-3)13-9-11(16-2)6-7-15-13;1-10-2-3-13(12(6-10)9-17)14-7-11(8-16)4-5-15-14;/h4,6-9H,1-3H3;2,4-7,16-17H,8-9H2,1H3;/q2*-1;+2. The van der Waals surface area contributed by atoms with E-state index in [1.807, 2.05) is 50.2 Å². The van der Waals surface area contributed by atoms with Crippen molar-refractivity contribution in [3.05, 3.63) is 95.3 Å². The summed E-state index contributed by atoms with van der Waals surface area (Å²) in [4.78, 5) is 8.55. The second-order valence-electron chi connectivity index (χ2n) is 7.64. The van der Waals surface area contributed by atoms with Crippen molar-refractivity contribution in [3.8, 4) is 34.0 Å². The SMILES string of the molecule is COc1ccnc(-c2[c-]cc(C)cc2OC)c1.Cc1c[c-]c(-c2cc(CO)ccn2)c(CO)c1.[Pt+2]. The minimum Gasteiger partial charge on any atom is -0.540 e. The van der Waals surface area contributed by atoms with Gasteiger partial charge in [-0.1, -0.05) is 25.5 Å². The number of hydrogen-bond acceptors (Lipinski definition) is 6. The van der Waals surface area contributed by atoms with Gasteiger partial charge in [-0.2, -0.15) is 0 Å². The van der Waals surface area contributed by atoms with E-state index in [0.29, 0.717) is 0 Å². The maximum Gasteiger partial charge on any atom is 2.00 e. The molecule has 0 saturated carbocycles. The summed E-state index contributed by atoms with van der Waals surface area (Å²) in [5.74, 6) is 1.54. The molecule has 0 amide bonds. The Kier molecular flexibility index (Phi) is 11.1. The molecule has 7 heteroatoms. The Balaban J connectivity index is 0.000000240. The number of pyridine rings is 2. The molecule has 0 aliphatic rings. The molecule has 0 saturated heterocycles. The number of methoxy groups -OCH3 is 2. The third kappa shape index (κ3) is 7.46. The number of rotatable bonds is 6. The molecule has 0 radical (unpaired) electrons. The zero-order valence-corrected chi connectivity index (χ0v) is 22.4. The quantitative estimate of drug-likeness (QED) is 0.294. The van der Waals surface area contributed by atoms with Crippen molar-refractivity contribution in [2.45, 2.75) is 27.1 Å². The molecule has 2 N–H and O–H groups in total. The van der Waals surface area contributed by atoms with Crippen LogP contribution in [0.3, 0.4) is 0 Å². The summed E-state index contributed by atoms with van der Waals surface area (Å²) in [7, 11) is 3.28. The minimum absolute atomic E-state index is 0. The van der Waals surface area contributed by atoms with E-state index in [2.05, 4.69) is 22.1 Å². The van der Waals surface area contributed by atoms with Gasteiger partial charge in [-0.05, 0) is 35.2 Å². The van der Waals surface area contributed by atoms with Crippen molar-refractivity contribution in [3.63, 3.8) is 0 Å². The molecule has 4 aromatic rings. The summed E-state index contributed by atoms with van der Waals surface area (Å²) in [5, 5.41) is 18.4. The van der Waals surface area contributed by atoms with E-state index in [4.69, 9.17) is 14.6 Å². The normalized spacial score (nSPS) is 10.0. The molecule has 2 aromatic heterocycles. The average Bonchev–Trinajstić information content (AvgIpc) is 2.88. The van der Waals surface area contributed by atoms with E-state index in [1.165, 1.54) is 0 Å². The Morgan fingerprint density at radius 1 is 0.771 bits per heavy atom. The molecule has 0 aliphatic heterocycles. The van der Waals surface area contributed by atoms with Crippen molar-refractivity contribution >= 4 is 0 Å². The van der Waals surface area contributed by atoms with E-state index in [0.717, 1.165) is 56.3 Å². The summed E-state index contributed by atoms with van der Waals surface area (Å²) in [6.45, 7) is 3.90. The third-order valence-corrected chi connectivity index (χ3v) is 5.09. The van der Waals surface area contributed by atoms with Crippen LogP contribution in [0.25, 0.3) is 22.5 Å². The zero-order valence-electron chi connectivity index (χ0n) is 20.1. The number of aromatic nitrogens is 2. The van der Waals surface area contributed by atoms with Gasteiger partial charge >= 0.3 is 21.1 Å². The van der Waals surface area contributed by atoms with Crippen molar-refractivity contribution in [2.75, 3.05) is 14.2 Å². The van der Waals surface area contributed by atoms with Gasteiger partial charge in [-0.3, -0.25) is 0 Å². The largest absolute Gasteiger partial charge is 2.00 e. The average molecular weight is 652 g/mol. The molecule has 2 heterocycles. The topological polar surface area (TPSA) is 84.7 Å². The molecule has 0 aliphatic carbocycles. The first-order valence-electron chi connectivity index (χ1n) is 10.7. The van der Waals surface area contributed by atoms with Crippen LogP contribution in [0.15, 0.2) is 60.9 Å². The maximum atomic E-state index is 9.33. The zero-order chi connectivity index (χ0) is 24.5. The maximum absolute atomic E-state index is 9.33. The van der Waals surface area contributed by atoms with Crippen molar-refractivity contribution < 1.29 is 40.8 Å². The number of ether oxygens (including phenoxy) is 2. The molecule has 184 valence electrons. The van der Waals surface area contributed by atoms with Crippen LogP contribution >= 0.6 is 0 Å². The minimum atomic E-state index is -0.0431. The predicted molar refractivity (Wildman–Crippen MR) is 131 cm³/mol. The fourth-order valence-electron chi connectivity index (χ4n) is 3.35. The Labute approximate surface area is 220 Å². The number of benzene rings is 2. The predicted octanol–water partition coefficient (Wildman–Crippen LogP) is 4.71. The third-order valence-electron chi connectivity index (χ3n) is 5.09. The summed E-state index contributed by atoms with van der Waals surface area (Å²) in [6, 6.07) is 21.2. The van der Waals surface area contributed by atoms with Crippen LogP contribution in [0.1, 0.15) is 22.3 Å². The van der Waals surface area contributed by atoms with Crippen LogP contribution < -0.4 is 9.47 Å². The fourth-order valence-corrected chi connectivity index (χ4v) is 3.35. The number of nitrogens with zero attached hydrogens (tertiary/aromatic N) is 2. The van der Waals surface area contributed by atoms with Crippen molar-refractivity contribution in [1.82, 2.24) is 9.97 Å². The first-order valence-corrected chi connectivity index (χ1v) is 10.7. The Hall–Kier alpha value is -3.05. The summed E-state index contributed by atoms with van der Waals surface area (Å²) in [5.41, 5.74) is 6.90. The summed E-state index contributed by atoms with van der Waals surface area (Å²) < 4.78 is 10.5. The van der Waals surface area contributed by atoms with E-state index in [-0.39, 0.29) is 34.3 Å².